The van der Waals surface area contributed by atoms with E-state index >= 15 is 0 Å². The highest BCUT2D eigenvalue weighted by atomic mass is 32.2. The molecule has 0 saturated carbocycles. The Morgan fingerprint density at radius 1 is 1.21 bits per heavy atom. The zero-order chi connectivity index (χ0) is 13.4. The minimum Gasteiger partial charge on any atom is -0.347 e. The molecule has 0 bridgehead atoms. The number of ketones is 1. The Kier molecular flexibility index (Phi) is 3.23. The van der Waals surface area contributed by atoms with Crippen LogP contribution >= 0.6 is 11.8 Å². The van der Waals surface area contributed by atoms with Gasteiger partial charge in [-0.25, -0.2) is 0 Å². The number of nitrogens with zero attached hydrogens (tertiary/aromatic N) is 1. The summed E-state index contributed by atoms with van der Waals surface area (Å²) in [6.45, 7) is 0. The average molecular weight is 271 g/mol. The van der Waals surface area contributed by atoms with Crippen molar-refractivity contribution in [1.82, 2.24) is 4.57 Å². The van der Waals surface area contributed by atoms with Crippen molar-refractivity contribution in [3.8, 4) is 11.3 Å². The Morgan fingerprint density at radius 2 is 1.95 bits per heavy atom. The van der Waals surface area contributed by atoms with Crippen molar-refractivity contribution in [2.75, 3.05) is 6.26 Å². The van der Waals surface area contributed by atoms with Gasteiger partial charge in [-0.1, -0.05) is 30.3 Å². The predicted octanol–water partition coefficient (Wildman–Crippen LogP) is 3.61. The van der Waals surface area contributed by atoms with Gasteiger partial charge in [-0.15, -0.1) is 11.8 Å². The second-order valence-corrected chi connectivity index (χ2v) is 5.88. The summed E-state index contributed by atoms with van der Waals surface area (Å²) in [6.07, 6.45) is 3.56. The summed E-state index contributed by atoms with van der Waals surface area (Å²) in [5.74, 6) is 0.366. The van der Waals surface area contributed by atoms with Gasteiger partial charge in [-0.05, 0) is 29.9 Å². The van der Waals surface area contributed by atoms with Crippen molar-refractivity contribution < 1.29 is 4.79 Å². The average Bonchev–Trinajstić information content (AvgIpc) is 2.77. The van der Waals surface area contributed by atoms with Crippen LogP contribution in [0.15, 0.2) is 36.4 Å². The first-order valence-electron chi connectivity index (χ1n) is 6.51. The van der Waals surface area contributed by atoms with Crippen molar-refractivity contribution in [1.29, 1.82) is 0 Å². The quantitative estimate of drug-likeness (QED) is 0.832. The number of rotatable bonds is 2. The van der Waals surface area contributed by atoms with Crippen molar-refractivity contribution in [2.24, 2.45) is 7.05 Å². The van der Waals surface area contributed by atoms with Gasteiger partial charge in [0, 0.05) is 24.9 Å². The molecule has 1 aliphatic carbocycles. The first-order chi connectivity index (χ1) is 9.22. The number of Topliss-reactive ketones (excluding diaryl/α,β-unsaturated/α-hetero) is 1. The zero-order valence-corrected chi connectivity index (χ0v) is 12.0. The number of hydrogen-bond donors (Lipinski definition) is 0. The van der Waals surface area contributed by atoms with Gasteiger partial charge in [0.25, 0.3) is 0 Å². The molecule has 0 amide bonds. The van der Waals surface area contributed by atoms with E-state index in [1.165, 1.54) is 22.5 Å². The van der Waals surface area contributed by atoms with E-state index in [9.17, 15) is 4.79 Å². The van der Waals surface area contributed by atoms with Gasteiger partial charge < -0.3 is 4.57 Å². The lowest BCUT2D eigenvalue weighted by atomic mass is 9.96. The number of thioether (sulfide) groups is 1. The lowest BCUT2D eigenvalue weighted by molar-refractivity contribution is -0.119. The third kappa shape index (κ3) is 2.02. The van der Waals surface area contributed by atoms with Gasteiger partial charge in [-0.2, -0.15) is 0 Å². The largest absolute Gasteiger partial charge is 0.347 e. The molecule has 1 aromatic carbocycles. The highest BCUT2D eigenvalue weighted by Gasteiger charge is 2.30. The number of hydrogen-bond acceptors (Lipinski definition) is 2. The van der Waals surface area contributed by atoms with Crippen LogP contribution in [-0.2, 0) is 18.3 Å². The van der Waals surface area contributed by atoms with Crippen LogP contribution in [0.4, 0.5) is 0 Å². The fourth-order valence-corrected chi connectivity index (χ4v) is 3.73. The Hall–Kier alpha value is -1.48. The van der Waals surface area contributed by atoms with Crippen LogP contribution in [0.5, 0.6) is 0 Å². The summed E-state index contributed by atoms with van der Waals surface area (Å²) in [4.78, 5) is 12.0. The summed E-state index contributed by atoms with van der Waals surface area (Å²) in [7, 11) is 2.11. The van der Waals surface area contributed by atoms with Crippen molar-refractivity contribution in [3.05, 3.63) is 47.7 Å². The highest BCUT2D eigenvalue weighted by molar-refractivity contribution is 7.99. The van der Waals surface area contributed by atoms with Gasteiger partial charge in [0.05, 0.1) is 5.25 Å². The van der Waals surface area contributed by atoms with E-state index < -0.39 is 0 Å². The Morgan fingerprint density at radius 3 is 2.63 bits per heavy atom. The van der Waals surface area contributed by atoms with E-state index in [2.05, 4.69) is 41.9 Å². The van der Waals surface area contributed by atoms with Crippen LogP contribution in [0.2, 0.25) is 0 Å². The smallest absolute Gasteiger partial charge is 0.150 e. The molecule has 0 aliphatic heterocycles. The minimum atomic E-state index is 0.0208. The van der Waals surface area contributed by atoms with E-state index in [1.54, 1.807) is 11.8 Å². The number of carbonyl (C=O) groups is 1. The molecule has 0 saturated heterocycles. The molecule has 3 rings (SSSR count). The molecular weight excluding hydrogens is 254 g/mol. The summed E-state index contributed by atoms with van der Waals surface area (Å²) in [6, 6.07) is 12.6. The predicted molar refractivity (Wildman–Crippen MR) is 80.4 cm³/mol. The monoisotopic (exact) mass is 271 g/mol. The van der Waals surface area contributed by atoms with E-state index in [-0.39, 0.29) is 5.25 Å². The number of benzene rings is 1. The van der Waals surface area contributed by atoms with Crippen molar-refractivity contribution in [3.63, 3.8) is 0 Å². The summed E-state index contributed by atoms with van der Waals surface area (Å²) in [5, 5.41) is 0.0208. The van der Waals surface area contributed by atoms with Crippen LogP contribution in [-0.4, -0.2) is 16.6 Å². The minimum absolute atomic E-state index is 0.0208. The van der Waals surface area contributed by atoms with Crippen LogP contribution in [0.3, 0.4) is 0 Å². The van der Waals surface area contributed by atoms with Crippen LogP contribution in [0, 0.1) is 0 Å². The number of carbonyl (C=O) groups excluding carboxylic acids is 1. The molecule has 2 aromatic rings. The number of aromatic nitrogens is 1. The lowest BCUT2D eigenvalue weighted by Gasteiger charge is -2.20. The van der Waals surface area contributed by atoms with Gasteiger partial charge in [0.1, 0.15) is 0 Å². The van der Waals surface area contributed by atoms with Gasteiger partial charge >= 0.3 is 0 Å². The maximum absolute atomic E-state index is 12.0. The maximum Gasteiger partial charge on any atom is 0.150 e. The van der Waals surface area contributed by atoms with Gasteiger partial charge in [0.2, 0.25) is 0 Å². The second kappa shape index (κ2) is 4.89. The van der Waals surface area contributed by atoms with E-state index in [4.69, 9.17) is 0 Å². The molecule has 1 aliphatic rings. The van der Waals surface area contributed by atoms with Gasteiger partial charge in [-0.3, -0.25) is 4.79 Å². The molecule has 3 heteroatoms. The molecule has 1 atom stereocenters. The molecule has 0 spiro atoms. The first-order valence-corrected chi connectivity index (χ1v) is 7.80. The molecular formula is C16H17NOS. The topological polar surface area (TPSA) is 22.0 Å². The maximum atomic E-state index is 12.0. The molecule has 98 valence electrons. The van der Waals surface area contributed by atoms with E-state index in [0.29, 0.717) is 12.2 Å². The van der Waals surface area contributed by atoms with Crippen LogP contribution < -0.4 is 0 Å². The molecule has 1 heterocycles. The third-order valence-corrected chi connectivity index (χ3v) is 4.87. The third-order valence-electron chi connectivity index (χ3n) is 3.88. The standard InChI is InChI=1S/C16H17NOS/c1-17-13-8-9-15(18)16(19-2)12(13)10-14(17)11-6-4-3-5-7-11/h3-7,10,16H,8-9H2,1-2H3. The van der Waals surface area contributed by atoms with Crippen molar-refractivity contribution in [2.45, 2.75) is 18.1 Å². The molecule has 0 fully saturated rings. The fourth-order valence-electron chi connectivity index (χ4n) is 2.90. The summed E-state index contributed by atoms with van der Waals surface area (Å²) >= 11 is 1.65. The zero-order valence-electron chi connectivity index (χ0n) is 11.2. The molecule has 19 heavy (non-hydrogen) atoms. The van der Waals surface area contributed by atoms with Crippen LogP contribution in [0.25, 0.3) is 11.3 Å². The Bertz CT molecular complexity index is 615. The molecule has 1 aromatic heterocycles. The first kappa shape index (κ1) is 12.5. The van der Waals surface area contributed by atoms with Gasteiger partial charge in [0.15, 0.2) is 5.78 Å². The Balaban J connectivity index is 2.13. The summed E-state index contributed by atoms with van der Waals surface area (Å²) < 4.78 is 2.25. The molecule has 1 unspecified atom stereocenters. The van der Waals surface area contributed by atoms with Crippen molar-refractivity contribution >= 4 is 17.5 Å². The fraction of sp³-hybridized carbons (Fsp3) is 0.312. The SMILES string of the molecule is CSC1C(=O)CCc2c1cc(-c1ccccc1)n2C. The summed E-state index contributed by atoms with van der Waals surface area (Å²) in [5.41, 5.74) is 4.95. The molecule has 2 nitrogen and oxygen atoms in total. The molecule has 0 N–H and O–H groups in total. The Labute approximate surface area is 117 Å². The lowest BCUT2D eigenvalue weighted by Crippen LogP contribution is -2.18. The van der Waals surface area contributed by atoms with Crippen LogP contribution in [0.1, 0.15) is 22.9 Å². The molecule has 0 radical (unpaired) electrons. The van der Waals surface area contributed by atoms with E-state index in [0.717, 1.165) is 6.42 Å². The normalized spacial score (nSPS) is 18.4. The highest BCUT2D eigenvalue weighted by Crippen LogP contribution is 2.39. The second-order valence-electron chi connectivity index (χ2n) is 4.94. The van der Waals surface area contributed by atoms with E-state index in [1.807, 2.05) is 12.3 Å². The number of fused-ring (bicyclic) bond motifs is 1.